The summed E-state index contributed by atoms with van der Waals surface area (Å²) in [5, 5.41) is 24.7. The highest BCUT2D eigenvalue weighted by Gasteiger charge is 2.12. The molecule has 0 saturated carbocycles. The SMILES string of the molecule is O=C(CCCc1ccc(N(CCCl)CCCl)cc1)NCCCCCC(=O)N[C@@H](CO)Cc1ccc(O)cc1. The third kappa shape index (κ3) is 12.9. The number of aliphatic hydroxyl groups excluding tert-OH is 1. The molecule has 2 amide bonds. The number of aryl methyl sites for hydroxylation is 1. The van der Waals surface area contributed by atoms with Crippen molar-refractivity contribution in [1.82, 2.24) is 10.6 Å². The zero-order valence-corrected chi connectivity index (χ0v) is 23.5. The quantitative estimate of drug-likeness (QED) is 0.149. The number of anilines is 1. The number of rotatable bonds is 19. The molecule has 0 aliphatic carbocycles. The van der Waals surface area contributed by atoms with Gasteiger partial charge in [-0.15, -0.1) is 23.2 Å². The molecular formula is C29H41Cl2N3O4. The second-order valence-corrected chi connectivity index (χ2v) is 10.1. The Hall–Kier alpha value is -2.48. The Bertz CT molecular complexity index is 936. The topological polar surface area (TPSA) is 102 Å². The van der Waals surface area contributed by atoms with Crippen LogP contribution < -0.4 is 15.5 Å². The maximum absolute atomic E-state index is 12.2. The van der Waals surface area contributed by atoms with Crippen LogP contribution in [-0.4, -0.2) is 66.1 Å². The van der Waals surface area contributed by atoms with Crippen LogP contribution in [0, 0.1) is 0 Å². The van der Waals surface area contributed by atoms with E-state index >= 15 is 0 Å². The number of alkyl halides is 2. The summed E-state index contributed by atoms with van der Waals surface area (Å²) in [6.07, 6.45) is 5.38. The van der Waals surface area contributed by atoms with Crippen LogP contribution in [0.4, 0.5) is 5.69 Å². The molecule has 7 nitrogen and oxygen atoms in total. The van der Waals surface area contributed by atoms with Crippen molar-refractivity contribution < 1.29 is 19.8 Å². The molecule has 0 saturated heterocycles. The highest BCUT2D eigenvalue weighted by molar-refractivity contribution is 6.18. The van der Waals surface area contributed by atoms with E-state index in [9.17, 15) is 19.8 Å². The lowest BCUT2D eigenvalue weighted by molar-refractivity contribution is -0.122. The van der Waals surface area contributed by atoms with Gasteiger partial charge in [0.25, 0.3) is 0 Å². The molecule has 0 bridgehead atoms. The molecule has 0 unspecified atom stereocenters. The van der Waals surface area contributed by atoms with Crippen LogP contribution in [0.3, 0.4) is 0 Å². The first-order valence-corrected chi connectivity index (χ1v) is 14.4. The Labute approximate surface area is 236 Å². The van der Waals surface area contributed by atoms with E-state index < -0.39 is 0 Å². The van der Waals surface area contributed by atoms with E-state index in [0.717, 1.165) is 56.4 Å². The highest BCUT2D eigenvalue weighted by atomic mass is 35.5. The van der Waals surface area contributed by atoms with Crippen molar-refractivity contribution in [2.45, 2.75) is 57.4 Å². The Morgan fingerprint density at radius 2 is 1.45 bits per heavy atom. The van der Waals surface area contributed by atoms with E-state index in [1.54, 1.807) is 24.3 Å². The molecular weight excluding hydrogens is 525 g/mol. The summed E-state index contributed by atoms with van der Waals surface area (Å²) in [6, 6.07) is 14.7. The van der Waals surface area contributed by atoms with E-state index in [4.69, 9.17) is 23.2 Å². The number of nitrogens with zero attached hydrogens (tertiary/aromatic N) is 1. The van der Waals surface area contributed by atoms with E-state index in [-0.39, 0.29) is 30.2 Å². The van der Waals surface area contributed by atoms with Gasteiger partial charge in [0.15, 0.2) is 0 Å². The number of hydrogen-bond donors (Lipinski definition) is 4. The number of aliphatic hydroxyl groups is 1. The fourth-order valence-corrected chi connectivity index (χ4v) is 4.59. The molecule has 0 aromatic heterocycles. The molecule has 4 N–H and O–H groups in total. The minimum Gasteiger partial charge on any atom is -0.508 e. The molecule has 0 spiro atoms. The Morgan fingerprint density at radius 3 is 2.08 bits per heavy atom. The van der Waals surface area contributed by atoms with Gasteiger partial charge in [-0.1, -0.05) is 30.7 Å². The van der Waals surface area contributed by atoms with Crippen LogP contribution in [0.25, 0.3) is 0 Å². The van der Waals surface area contributed by atoms with Gasteiger partial charge in [-0.05, 0) is 67.5 Å². The minimum atomic E-state index is -0.356. The highest BCUT2D eigenvalue weighted by Crippen LogP contribution is 2.17. The first-order valence-electron chi connectivity index (χ1n) is 13.4. The monoisotopic (exact) mass is 565 g/mol. The lowest BCUT2D eigenvalue weighted by Crippen LogP contribution is -2.39. The number of carbonyl (C=O) groups is 2. The third-order valence-corrected chi connectivity index (χ3v) is 6.62. The lowest BCUT2D eigenvalue weighted by atomic mass is 10.1. The average Bonchev–Trinajstić information content (AvgIpc) is 2.91. The fraction of sp³-hybridized carbons (Fsp3) is 0.517. The number of unbranched alkanes of at least 4 members (excludes halogenated alkanes) is 2. The van der Waals surface area contributed by atoms with Crippen molar-refractivity contribution >= 4 is 40.7 Å². The maximum Gasteiger partial charge on any atom is 0.220 e. The van der Waals surface area contributed by atoms with Crippen LogP contribution in [0.15, 0.2) is 48.5 Å². The molecule has 1 atom stereocenters. The molecule has 9 heteroatoms. The molecule has 210 valence electrons. The van der Waals surface area contributed by atoms with Crippen LogP contribution in [0.2, 0.25) is 0 Å². The number of phenols is 1. The van der Waals surface area contributed by atoms with Gasteiger partial charge in [0.1, 0.15) is 5.75 Å². The third-order valence-electron chi connectivity index (χ3n) is 6.29. The molecule has 0 aliphatic rings. The van der Waals surface area contributed by atoms with Gasteiger partial charge in [-0.2, -0.15) is 0 Å². The number of hydrogen-bond acceptors (Lipinski definition) is 5. The molecule has 2 rings (SSSR count). The van der Waals surface area contributed by atoms with Crippen LogP contribution in [0.1, 0.15) is 49.7 Å². The van der Waals surface area contributed by atoms with Gasteiger partial charge < -0.3 is 25.7 Å². The molecule has 0 radical (unpaired) electrons. The first-order chi connectivity index (χ1) is 18.4. The summed E-state index contributed by atoms with van der Waals surface area (Å²) in [6.45, 7) is 1.97. The largest absolute Gasteiger partial charge is 0.508 e. The summed E-state index contributed by atoms with van der Waals surface area (Å²) in [4.78, 5) is 26.5. The van der Waals surface area contributed by atoms with Crippen molar-refractivity contribution in [3.05, 3.63) is 59.7 Å². The van der Waals surface area contributed by atoms with Gasteiger partial charge in [-0.3, -0.25) is 9.59 Å². The maximum atomic E-state index is 12.2. The van der Waals surface area contributed by atoms with E-state index in [1.807, 2.05) is 0 Å². The second kappa shape index (κ2) is 18.7. The second-order valence-electron chi connectivity index (χ2n) is 9.36. The average molecular weight is 567 g/mol. The number of nitrogens with one attached hydrogen (secondary N) is 2. The Morgan fingerprint density at radius 1 is 0.816 bits per heavy atom. The molecule has 0 heterocycles. The predicted molar refractivity (Wildman–Crippen MR) is 155 cm³/mol. The van der Waals surface area contributed by atoms with Crippen LogP contribution in [-0.2, 0) is 22.4 Å². The van der Waals surface area contributed by atoms with Crippen LogP contribution in [0.5, 0.6) is 5.75 Å². The molecule has 0 aliphatic heterocycles. The zero-order chi connectivity index (χ0) is 27.6. The van der Waals surface area contributed by atoms with Gasteiger partial charge in [0.05, 0.1) is 12.6 Å². The number of carbonyl (C=O) groups excluding carboxylic acids is 2. The molecule has 2 aromatic carbocycles. The van der Waals surface area contributed by atoms with Crippen molar-refractivity contribution in [2.75, 3.05) is 42.9 Å². The molecule has 0 fully saturated rings. The van der Waals surface area contributed by atoms with Gasteiger partial charge >= 0.3 is 0 Å². The first kappa shape index (κ1) is 31.7. The van der Waals surface area contributed by atoms with Gasteiger partial charge in [0.2, 0.25) is 11.8 Å². The van der Waals surface area contributed by atoms with Gasteiger partial charge in [0, 0.05) is 49.9 Å². The lowest BCUT2D eigenvalue weighted by Gasteiger charge is -2.23. The number of aromatic hydroxyl groups is 1. The fourth-order valence-electron chi connectivity index (χ4n) is 4.18. The summed E-state index contributed by atoms with van der Waals surface area (Å²) in [5.41, 5.74) is 3.24. The van der Waals surface area contributed by atoms with Crippen molar-refractivity contribution in [1.29, 1.82) is 0 Å². The Kier molecular flexibility index (Phi) is 15.6. The number of amides is 2. The number of phenolic OH excluding ortho intramolecular Hbond substituents is 1. The van der Waals surface area contributed by atoms with E-state index in [0.29, 0.717) is 37.6 Å². The predicted octanol–water partition coefficient (Wildman–Crippen LogP) is 4.40. The summed E-state index contributed by atoms with van der Waals surface area (Å²) < 4.78 is 0. The van der Waals surface area contributed by atoms with Gasteiger partial charge in [-0.25, -0.2) is 0 Å². The van der Waals surface area contributed by atoms with Crippen molar-refractivity contribution in [3.63, 3.8) is 0 Å². The zero-order valence-electron chi connectivity index (χ0n) is 22.0. The summed E-state index contributed by atoms with van der Waals surface area (Å²) in [7, 11) is 0. The summed E-state index contributed by atoms with van der Waals surface area (Å²) >= 11 is 11.8. The minimum absolute atomic E-state index is 0.0507. The number of benzene rings is 2. The normalized spacial score (nSPS) is 11.7. The smallest absolute Gasteiger partial charge is 0.220 e. The van der Waals surface area contributed by atoms with Crippen molar-refractivity contribution in [2.24, 2.45) is 0 Å². The Balaban J connectivity index is 1.53. The number of halogens is 2. The molecule has 38 heavy (non-hydrogen) atoms. The van der Waals surface area contributed by atoms with E-state index in [2.05, 4.69) is 39.8 Å². The summed E-state index contributed by atoms with van der Waals surface area (Å²) in [5.74, 6) is 1.25. The van der Waals surface area contributed by atoms with Crippen LogP contribution >= 0.6 is 23.2 Å². The standard InChI is InChI=1S/C29H41Cl2N3O4/c30-16-19-34(20-17-31)26-12-8-23(9-13-26)5-4-7-28(37)32-18-3-1-2-6-29(38)33-25(22-35)21-24-10-14-27(36)15-11-24/h8-15,25,35-36H,1-7,16-22H2,(H,32,37)(H,33,38)/t25-/m1/s1. The van der Waals surface area contributed by atoms with Crippen molar-refractivity contribution in [3.8, 4) is 5.75 Å². The molecule has 2 aromatic rings. The van der Waals surface area contributed by atoms with E-state index in [1.165, 1.54) is 5.56 Å².